The molecule has 0 aliphatic carbocycles. The normalized spacial score (nSPS) is 26.8. The average molecular weight is 239 g/mol. The van der Waals surface area contributed by atoms with Gasteiger partial charge in [0.2, 0.25) is 0 Å². The first-order valence-corrected chi connectivity index (χ1v) is 5.81. The van der Waals surface area contributed by atoms with E-state index in [1.54, 1.807) is 18.2 Å². The molecule has 2 rings (SSSR count). The van der Waals surface area contributed by atoms with E-state index in [4.69, 9.17) is 4.74 Å². The standard InChI is InChI=1S/C13H18FNO2/c1-15-6-7-17-10-13(16,9-15)8-11-4-2-3-5-12(11)14/h2-5,16H,6-10H2,1H3. The van der Waals surface area contributed by atoms with Crippen molar-refractivity contribution in [3.05, 3.63) is 35.6 Å². The van der Waals surface area contributed by atoms with E-state index in [1.807, 2.05) is 11.9 Å². The number of halogens is 1. The lowest BCUT2D eigenvalue weighted by Gasteiger charge is -2.29. The summed E-state index contributed by atoms with van der Waals surface area (Å²) < 4.78 is 18.9. The Labute approximate surface area is 101 Å². The van der Waals surface area contributed by atoms with Crippen LogP contribution in [0.4, 0.5) is 4.39 Å². The van der Waals surface area contributed by atoms with Gasteiger partial charge in [0.15, 0.2) is 0 Å². The van der Waals surface area contributed by atoms with E-state index in [0.29, 0.717) is 18.7 Å². The summed E-state index contributed by atoms with van der Waals surface area (Å²) >= 11 is 0. The molecule has 0 spiro atoms. The van der Waals surface area contributed by atoms with Gasteiger partial charge in [0.1, 0.15) is 11.4 Å². The molecule has 17 heavy (non-hydrogen) atoms. The minimum atomic E-state index is -1.01. The fraction of sp³-hybridized carbons (Fsp3) is 0.538. The third-order valence-corrected chi connectivity index (χ3v) is 3.03. The molecule has 0 amide bonds. The first-order valence-electron chi connectivity index (χ1n) is 5.81. The Balaban J connectivity index is 2.13. The SMILES string of the molecule is CN1CCOCC(O)(Cc2ccccc2F)C1. The van der Waals surface area contributed by atoms with Crippen LogP contribution in [-0.2, 0) is 11.2 Å². The molecule has 0 saturated carbocycles. The summed E-state index contributed by atoms with van der Waals surface area (Å²) in [5, 5.41) is 10.5. The fourth-order valence-electron chi connectivity index (χ4n) is 2.21. The lowest BCUT2D eigenvalue weighted by atomic mass is 9.94. The van der Waals surface area contributed by atoms with Crippen LogP contribution < -0.4 is 0 Å². The van der Waals surface area contributed by atoms with Gasteiger partial charge < -0.3 is 14.7 Å². The van der Waals surface area contributed by atoms with Crippen LogP contribution in [-0.4, -0.2) is 49.0 Å². The molecule has 1 aromatic rings. The van der Waals surface area contributed by atoms with Crippen LogP contribution in [0.3, 0.4) is 0 Å². The number of rotatable bonds is 2. The highest BCUT2D eigenvalue weighted by molar-refractivity contribution is 5.19. The monoisotopic (exact) mass is 239 g/mol. The highest BCUT2D eigenvalue weighted by Crippen LogP contribution is 2.19. The van der Waals surface area contributed by atoms with Crippen LogP contribution in [0.15, 0.2) is 24.3 Å². The second-order valence-electron chi connectivity index (χ2n) is 4.78. The highest BCUT2D eigenvalue weighted by Gasteiger charge is 2.32. The van der Waals surface area contributed by atoms with E-state index in [9.17, 15) is 9.50 Å². The molecule has 3 nitrogen and oxygen atoms in total. The number of benzene rings is 1. The van der Waals surface area contributed by atoms with Gasteiger partial charge in [-0.05, 0) is 18.7 Å². The van der Waals surface area contributed by atoms with Gasteiger partial charge in [-0.25, -0.2) is 4.39 Å². The Bertz CT molecular complexity index is 385. The van der Waals surface area contributed by atoms with Crippen molar-refractivity contribution in [1.82, 2.24) is 4.90 Å². The Morgan fingerprint density at radius 2 is 2.24 bits per heavy atom. The van der Waals surface area contributed by atoms with Gasteiger partial charge in [-0.2, -0.15) is 0 Å². The predicted molar refractivity (Wildman–Crippen MR) is 63.4 cm³/mol. The number of likely N-dealkylation sites (N-methyl/N-ethyl adjacent to an activating group) is 1. The number of aliphatic hydroxyl groups is 1. The molecule has 94 valence electrons. The third kappa shape index (κ3) is 3.25. The molecular weight excluding hydrogens is 221 g/mol. The number of β-amino-alcohol motifs (C(OH)–C–C–N with tert-alkyl or cyclic N) is 1. The molecular formula is C13H18FNO2. The number of hydrogen-bond acceptors (Lipinski definition) is 3. The van der Waals surface area contributed by atoms with E-state index >= 15 is 0 Å². The van der Waals surface area contributed by atoms with Gasteiger partial charge in [0.25, 0.3) is 0 Å². The van der Waals surface area contributed by atoms with Crippen molar-refractivity contribution in [3.8, 4) is 0 Å². The maximum Gasteiger partial charge on any atom is 0.126 e. The van der Waals surface area contributed by atoms with Gasteiger partial charge >= 0.3 is 0 Å². The molecule has 1 unspecified atom stereocenters. The van der Waals surface area contributed by atoms with Gasteiger partial charge in [-0.1, -0.05) is 18.2 Å². The molecule has 0 aromatic heterocycles. The molecule has 1 fully saturated rings. The van der Waals surface area contributed by atoms with Gasteiger partial charge in [0.05, 0.1) is 13.2 Å². The molecule has 1 heterocycles. The predicted octanol–water partition coefficient (Wildman–Crippen LogP) is 1.06. The van der Waals surface area contributed by atoms with E-state index < -0.39 is 5.60 Å². The van der Waals surface area contributed by atoms with Crippen LogP contribution in [0.25, 0.3) is 0 Å². The molecule has 1 N–H and O–H groups in total. The first kappa shape index (κ1) is 12.5. The first-order chi connectivity index (χ1) is 8.09. The van der Waals surface area contributed by atoms with Crippen LogP contribution in [0.5, 0.6) is 0 Å². The minimum absolute atomic E-state index is 0.256. The molecule has 1 atom stereocenters. The van der Waals surface area contributed by atoms with Crippen molar-refractivity contribution in [2.75, 3.05) is 33.4 Å². The zero-order chi connectivity index (χ0) is 12.3. The smallest absolute Gasteiger partial charge is 0.126 e. The van der Waals surface area contributed by atoms with Crippen molar-refractivity contribution < 1.29 is 14.2 Å². The number of ether oxygens (including phenoxy) is 1. The third-order valence-electron chi connectivity index (χ3n) is 3.03. The molecule has 1 aromatic carbocycles. The summed E-state index contributed by atoms with van der Waals surface area (Å²) in [6, 6.07) is 6.56. The van der Waals surface area contributed by atoms with Gasteiger partial charge in [-0.15, -0.1) is 0 Å². The maximum atomic E-state index is 13.5. The summed E-state index contributed by atoms with van der Waals surface area (Å²) in [5.74, 6) is -0.271. The molecule has 0 bridgehead atoms. The molecule has 1 saturated heterocycles. The van der Waals surface area contributed by atoms with Crippen LogP contribution in [0, 0.1) is 5.82 Å². The summed E-state index contributed by atoms with van der Waals surface area (Å²) in [6.07, 6.45) is 0.282. The zero-order valence-electron chi connectivity index (χ0n) is 10.0. The Morgan fingerprint density at radius 1 is 1.47 bits per heavy atom. The van der Waals surface area contributed by atoms with E-state index in [0.717, 1.165) is 6.54 Å². The van der Waals surface area contributed by atoms with Crippen molar-refractivity contribution in [2.24, 2.45) is 0 Å². The summed E-state index contributed by atoms with van der Waals surface area (Å²) in [4.78, 5) is 2.01. The second kappa shape index (κ2) is 5.12. The number of nitrogens with zero attached hydrogens (tertiary/aromatic N) is 1. The summed E-state index contributed by atoms with van der Waals surface area (Å²) in [7, 11) is 1.93. The second-order valence-corrected chi connectivity index (χ2v) is 4.78. The fourth-order valence-corrected chi connectivity index (χ4v) is 2.21. The summed E-state index contributed by atoms with van der Waals surface area (Å²) in [5.41, 5.74) is -0.470. The highest BCUT2D eigenvalue weighted by atomic mass is 19.1. The van der Waals surface area contributed by atoms with Crippen molar-refractivity contribution >= 4 is 0 Å². The Morgan fingerprint density at radius 3 is 3.00 bits per heavy atom. The average Bonchev–Trinajstić information content (AvgIpc) is 2.43. The quantitative estimate of drug-likeness (QED) is 0.837. The largest absolute Gasteiger partial charge is 0.386 e. The van der Waals surface area contributed by atoms with Gasteiger partial charge in [0, 0.05) is 19.5 Å². The van der Waals surface area contributed by atoms with E-state index in [1.165, 1.54) is 6.07 Å². The van der Waals surface area contributed by atoms with Crippen molar-refractivity contribution in [2.45, 2.75) is 12.0 Å². The van der Waals surface area contributed by atoms with Crippen LogP contribution >= 0.6 is 0 Å². The van der Waals surface area contributed by atoms with E-state index in [-0.39, 0.29) is 18.8 Å². The van der Waals surface area contributed by atoms with E-state index in [2.05, 4.69) is 0 Å². The molecule has 1 aliphatic heterocycles. The lowest BCUT2D eigenvalue weighted by molar-refractivity contribution is -0.0346. The molecule has 1 aliphatic rings. The Kier molecular flexibility index (Phi) is 3.76. The minimum Gasteiger partial charge on any atom is -0.386 e. The maximum absolute atomic E-state index is 13.5. The van der Waals surface area contributed by atoms with Crippen molar-refractivity contribution in [1.29, 1.82) is 0 Å². The molecule has 4 heteroatoms. The van der Waals surface area contributed by atoms with Crippen LogP contribution in [0.1, 0.15) is 5.56 Å². The Hall–Kier alpha value is -0.970. The van der Waals surface area contributed by atoms with Crippen molar-refractivity contribution in [3.63, 3.8) is 0 Å². The number of hydrogen-bond donors (Lipinski definition) is 1. The lowest BCUT2D eigenvalue weighted by Crippen LogP contribution is -2.45. The van der Waals surface area contributed by atoms with Crippen LogP contribution in [0.2, 0.25) is 0 Å². The van der Waals surface area contributed by atoms with Gasteiger partial charge in [-0.3, -0.25) is 0 Å². The topological polar surface area (TPSA) is 32.7 Å². The zero-order valence-corrected chi connectivity index (χ0v) is 10.0. The summed E-state index contributed by atoms with van der Waals surface area (Å²) in [6.45, 7) is 2.16. The molecule has 0 radical (unpaired) electrons.